The van der Waals surface area contributed by atoms with Crippen LogP contribution in [0.15, 0.2) is 12.1 Å². The highest BCUT2D eigenvalue weighted by Gasteiger charge is 2.27. The Morgan fingerprint density at radius 3 is 2.55 bits per heavy atom. The molecule has 1 aromatic rings. The number of nitrogens with one attached hydrogen (secondary N) is 1. The van der Waals surface area contributed by atoms with E-state index in [2.05, 4.69) is 12.2 Å². The predicted molar refractivity (Wildman–Crippen MR) is 79.0 cm³/mol. The molecule has 0 bridgehead atoms. The van der Waals surface area contributed by atoms with E-state index < -0.39 is 11.6 Å². The highest BCUT2D eigenvalue weighted by molar-refractivity contribution is 6.30. The van der Waals surface area contributed by atoms with Crippen molar-refractivity contribution in [1.29, 1.82) is 0 Å². The highest BCUT2D eigenvalue weighted by atomic mass is 35.5. The highest BCUT2D eigenvalue weighted by Crippen LogP contribution is 2.36. The fraction of sp³-hybridized carbons (Fsp3) is 0.625. The van der Waals surface area contributed by atoms with E-state index in [0.29, 0.717) is 11.5 Å². The molecule has 1 aliphatic rings. The maximum Gasteiger partial charge on any atom is 0.142 e. The molecule has 0 radical (unpaired) electrons. The lowest BCUT2D eigenvalue weighted by molar-refractivity contribution is 0.266. The lowest BCUT2D eigenvalue weighted by atomic mass is 9.81. The maximum absolute atomic E-state index is 14.2. The molecule has 1 unspecified atom stereocenters. The van der Waals surface area contributed by atoms with Gasteiger partial charge in [-0.1, -0.05) is 37.8 Å². The molecule has 1 N–H and O–H groups in total. The predicted octanol–water partition coefficient (Wildman–Crippen LogP) is 5.24. The van der Waals surface area contributed by atoms with E-state index in [9.17, 15) is 8.78 Å². The van der Waals surface area contributed by atoms with Crippen molar-refractivity contribution < 1.29 is 8.78 Å². The van der Waals surface area contributed by atoms with Crippen LogP contribution >= 0.6 is 11.6 Å². The van der Waals surface area contributed by atoms with E-state index in [4.69, 9.17) is 11.6 Å². The van der Waals surface area contributed by atoms with E-state index in [0.717, 1.165) is 31.9 Å². The van der Waals surface area contributed by atoms with E-state index in [1.54, 1.807) is 0 Å². The van der Waals surface area contributed by atoms with Gasteiger partial charge < -0.3 is 5.32 Å². The molecule has 1 aliphatic carbocycles. The van der Waals surface area contributed by atoms with Crippen LogP contribution < -0.4 is 5.32 Å². The van der Waals surface area contributed by atoms with Crippen LogP contribution in [0.2, 0.25) is 5.02 Å². The Bertz CT molecular complexity index is 444. The fourth-order valence-corrected chi connectivity index (χ4v) is 3.22. The van der Waals surface area contributed by atoms with Crippen molar-refractivity contribution in [3.05, 3.63) is 34.4 Å². The first-order chi connectivity index (χ1) is 9.63. The van der Waals surface area contributed by atoms with Gasteiger partial charge in [-0.2, -0.15) is 0 Å². The van der Waals surface area contributed by atoms with Crippen molar-refractivity contribution in [3.8, 4) is 0 Å². The molecule has 1 aromatic carbocycles. The van der Waals surface area contributed by atoms with Gasteiger partial charge in [0.15, 0.2) is 0 Å². The number of hydrogen-bond donors (Lipinski definition) is 1. The summed E-state index contributed by atoms with van der Waals surface area (Å²) in [4.78, 5) is 0. The summed E-state index contributed by atoms with van der Waals surface area (Å²) in [5.74, 6) is -0.567. The molecule has 20 heavy (non-hydrogen) atoms. The normalized spacial score (nSPS) is 18.2. The Hall–Kier alpha value is -0.670. The topological polar surface area (TPSA) is 12.0 Å². The van der Waals surface area contributed by atoms with Gasteiger partial charge in [0.05, 0.1) is 5.02 Å². The zero-order valence-corrected chi connectivity index (χ0v) is 12.6. The quantitative estimate of drug-likeness (QED) is 0.733. The largest absolute Gasteiger partial charge is 0.310 e. The first-order valence-electron chi connectivity index (χ1n) is 7.51. The molecule has 0 heterocycles. The van der Waals surface area contributed by atoms with Crippen molar-refractivity contribution in [3.63, 3.8) is 0 Å². The zero-order valence-electron chi connectivity index (χ0n) is 11.9. The summed E-state index contributed by atoms with van der Waals surface area (Å²) in [6, 6.07) is 2.25. The lowest BCUT2D eigenvalue weighted by Crippen LogP contribution is -2.31. The number of hydrogen-bond acceptors (Lipinski definition) is 1. The van der Waals surface area contributed by atoms with Gasteiger partial charge in [-0.3, -0.25) is 0 Å². The summed E-state index contributed by atoms with van der Waals surface area (Å²) in [7, 11) is 0. The van der Waals surface area contributed by atoms with Gasteiger partial charge in [0.25, 0.3) is 0 Å². The Balaban J connectivity index is 2.27. The Morgan fingerprint density at radius 2 is 1.90 bits per heavy atom. The van der Waals surface area contributed by atoms with Gasteiger partial charge in [-0.25, -0.2) is 8.78 Å². The zero-order chi connectivity index (χ0) is 14.5. The minimum Gasteiger partial charge on any atom is -0.310 e. The van der Waals surface area contributed by atoms with Crippen molar-refractivity contribution in [2.75, 3.05) is 6.54 Å². The summed E-state index contributed by atoms with van der Waals surface area (Å²) in [6.07, 6.45) is 6.71. The fourth-order valence-electron chi connectivity index (χ4n) is 3.07. The SMILES string of the molecule is CCCNC(c1cc(F)c(Cl)cc1F)C1CCCCC1. The summed E-state index contributed by atoms with van der Waals surface area (Å²) in [5, 5.41) is 3.24. The van der Waals surface area contributed by atoms with Crippen LogP contribution in [0.1, 0.15) is 57.1 Å². The lowest BCUT2D eigenvalue weighted by Gasteiger charge is -2.31. The molecule has 0 aliphatic heterocycles. The van der Waals surface area contributed by atoms with Crippen LogP contribution in [0.25, 0.3) is 0 Å². The van der Waals surface area contributed by atoms with E-state index in [1.165, 1.54) is 25.3 Å². The minimum atomic E-state index is -0.540. The van der Waals surface area contributed by atoms with Gasteiger partial charge in [0.2, 0.25) is 0 Å². The minimum absolute atomic E-state index is 0.109. The van der Waals surface area contributed by atoms with Gasteiger partial charge >= 0.3 is 0 Å². The molecule has 1 atom stereocenters. The summed E-state index contributed by atoms with van der Waals surface area (Å²) in [6.45, 7) is 2.88. The first kappa shape index (κ1) is 15.7. The summed E-state index contributed by atoms with van der Waals surface area (Å²) in [5.41, 5.74) is 0.423. The number of halogens is 3. The Labute approximate surface area is 124 Å². The molecule has 1 nitrogen and oxygen atoms in total. The monoisotopic (exact) mass is 301 g/mol. The van der Waals surface area contributed by atoms with Crippen LogP contribution in [0.3, 0.4) is 0 Å². The van der Waals surface area contributed by atoms with E-state index in [-0.39, 0.29) is 11.1 Å². The van der Waals surface area contributed by atoms with Crippen LogP contribution in [0.4, 0.5) is 8.78 Å². The second-order valence-electron chi connectivity index (χ2n) is 5.62. The number of rotatable bonds is 5. The van der Waals surface area contributed by atoms with Crippen molar-refractivity contribution in [1.82, 2.24) is 5.32 Å². The Morgan fingerprint density at radius 1 is 1.20 bits per heavy atom. The van der Waals surface area contributed by atoms with Crippen molar-refractivity contribution in [2.24, 2.45) is 5.92 Å². The Kier molecular flexibility index (Phi) is 5.79. The second kappa shape index (κ2) is 7.37. The standard InChI is InChI=1S/C16H22ClF2N/c1-2-8-20-16(11-6-4-3-5-7-11)12-9-15(19)13(17)10-14(12)18/h9-11,16,20H,2-8H2,1H3. The van der Waals surface area contributed by atoms with Crippen LogP contribution in [0.5, 0.6) is 0 Å². The third kappa shape index (κ3) is 3.70. The van der Waals surface area contributed by atoms with Gasteiger partial charge in [0, 0.05) is 11.6 Å². The molecule has 1 saturated carbocycles. The van der Waals surface area contributed by atoms with E-state index in [1.807, 2.05) is 0 Å². The molecular formula is C16H22ClF2N. The smallest absolute Gasteiger partial charge is 0.142 e. The molecule has 1 fully saturated rings. The molecule has 0 amide bonds. The molecular weight excluding hydrogens is 280 g/mol. The van der Waals surface area contributed by atoms with Crippen LogP contribution in [-0.2, 0) is 0 Å². The average Bonchev–Trinajstić information content (AvgIpc) is 2.45. The van der Waals surface area contributed by atoms with Crippen molar-refractivity contribution in [2.45, 2.75) is 51.5 Å². The summed E-state index contributed by atoms with van der Waals surface area (Å²) >= 11 is 5.65. The second-order valence-corrected chi connectivity index (χ2v) is 6.02. The van der Waals surface area contributed by atoms with Crippen LogP contribution in [-0.4, -0.2) is 6.54 Å². The first-order valence-corrected chi connectivity index (χ1v) is 7.89. The van der Waals surface area contributed by atoms with Crippen LogP contribution in [0, 0.1) is 17.6 Å². The number of benzene rings is 1. The third-order valence-corrected chi connectivity index (χ3v) is 4.40. The van der Waals surface area contributed by atoms with Gasteiger partial charge in [-0.05, 0) is 43.9 Å². The van der Waals surface area contributed by atoms with Crippen molar-refractivity contribution >= 4 is 11.6 Å². The third-order valence-electron chi connectivity index (χ3n) is 4.11. The molecule has 0 spiro atoms. The van der Waals surface area contributed by atoms with E-state index >= 15 is 0 Å². The molecule has 2 rings (SSSR count). The molecule has 0 saturated heterocycles. The van der Waals surface area contributed by atoms with Gasteiger partial charge in [-0.15, -0.1) is 0 Å². The average molecular weight is 302 g/mol. The molecule has 112 valence electrons. The maximum atomic E-state index is 14.2. The summed E-state index contributed by atoms with van der Waals surface area (Å²) < 4.78 is 27.9. The molecule has 0 aromatic heterocycles. The van der Waals surface area contributed by atoms with Gasteiger partial charge in [0.1, 0.15) is 11.6 Å². The molecule has 4 heteroatoms.